The summed E-state index contributed by atoms with van der Waals surface area (Å²) >= 11 is 3.30. The van der Waals surface area contributed by atoms with Crippen molar-refractivity contribution in [2.24, 2.45) is 0 Å². The summed E-state index contributed by atoms with van der Waals surface area (Å²) in [5, 5.41) is 4.49. The maximum atomic E-state index is 11.4. The molecule has 1 aromatic rings. The molecule has 2 N–H and O–H groups in total. The number of nitrogens with one attached hydrogen (secondary N) is 2. The second-order valence-electron chi connectivity index (χ2n) is 4.02. The Kier molecular flexibility index (Phi) is 4.59. The first kappa shape index (κ1) is 15.0. The highest BCUT2D eigenvalue weighted by atomic mass is 79.9. The lowest BCUT2D eigenvalue weighted by Gasteiger charge is -2.07. The van der Waals surface area contributed by atoms with E-state index in [1.165, 1.54) is 13.2 Å². The average Bonchev–Trinajstić information content (AvgIpc) is 2.75. The van der Waals surface area contributed by atoms with E-state index in [0.29, 0.717) is 15.8 Å². The van der Waals surface area contributed by atoms with Crippen molar-refractivity contribution in [3.63, 3.8) is 0 Å². The number of hydrogen-bond acceptors (Lipinski definition) is 5. The van der Waals surface area contributed by atoms with Crippen molar-refractivity contribution >= 4 is 39.9 Å². The van der Waals surface area contributed by atoms with E-state index in [-0.39, 0.29) is 12.3 Å². The fourth-order valence-electron chi connectivity index (χ4n) is 1.57. The summed E-state index contributed by atoms with van der Waals surface area (Å²) in [6.07, 6.45) is 1.52. The molecule has 2 rings (SSSR count). The van der Waals surface area contributed by atoms with Crippen LogP contribution >= 0.6 is 15.9 Å². The molecule has 1 aliphatic heterocycles. The summed E-state index contributed by atoms with van der Waals surface area (Å²) < 4.78 is 10.3. The van der Waals surface area contributed by atoms with Crippen molar-refractivity contribution in [2.75, 3.05) is 13.7 Å². The first-order valence-electron chi connectivity index (χ1n) is 5.83. The molecule has 1 aliphatic rings. The second-order valence-corrected chi connectivity index (χ2v) is 4.88. The number of hydrogen-bond donors (Lipinski definition) is 2. The summed E-state index contributed by atoms with van der Waals surface area (Å²) in [7, 11) is 1.27. The molecule has 0 spiro atoms. The van der Waals surface area contributed by atoms with Gasteiger partial charge in [-0.3, -0.25) is 10.1 Å². The Morgan fingerprint density at radius 2 is 2.10 bits per heavy atom. The van der Waals surface area contributed by atoms with Crippen LogP contribution in [0.25, 0.3) is 6.08 Å². The highest BCUT2D eigenvalue weighted by Crippen LogP contribution is 2.27. The van der Waals surface area contributed by atoms with Crippen LogP contribution in [0, 0.1) is 0 Å². The fourth-order valence-corrected chi connectivity index (χ4v) is 2.08. The number of benzene rings is 1. The molecule has 7 nitrogen and oxygen atoms in total. The number of amides is 3. The lowest BCUT2D eigenvalue weighted by Crippen LogP contribution is -2.22. The van der Waals surface area contributed by atoms with Gasteiger partial charge >= 0.3 is 12.0 Å². The molecule has 1 aromatic carbocycles. The first-order valence-corrected chi connectivity index (χ1v) is 6.62. The van der Waals surface area contributed by atoms with Crippen LogP contribution in [0.1, 0.15) is 5.56 Å². The molecule has 21 heavy (non-hydrogen) atoms. The Morgan fingerprint density at radius 1 is 1.33 bits per heavy atom. The lowest BCUT2D eigenvalue weighted by molar-refractivity contribution is -0.142. The summed E-state index contributed by atoms with van der Waals surface area (Å²) in [4.78, 5) is 33.4. The first-order chi connectivity index (χ1) is 9.99. The highest BCUT2D eigenvalue weighted by molar-refractivity contribution is 9.10. The number of urea groups is 1. The van der Waals surface area contributed by atoms with Crippen LogP contribution in [-0.2, 0) is 14.3 Å². The number of carbonyl (C=O) groups excluding carboxylic acids is 3. The number of methoxy groups -OCH3 is 1. The van der Waals surface area contributed by atoms with E-state index >= 15 is 0 Å². The van der Waals surface area contributed by atoms with Crippen molar-refractivity contribution in [3.05, 3.63) is 33.9 Å². The van der Waals surface area contributed by atoms with Crippen molar-refractivity contribution in [1.29, 1.82) is 0 Å². The number of halogens is 1. The van der Waals surface area contributed by atoms with Crippen molar-refractivity contribution in [2.45, 2.75) is 0 Å². The minimum atomic E-state index is -0.552. The Balaban J connectivity index is 2.12. The van der Waals surface area contributed by atoms with Gasteiger partial charge in [0.15, 0.2) is 6.61 Å². The van der Waals surface area contributed by atoms with E-state index in [4.69, 9.17) is 4.74 Å². The zero-order valence-corrected chi connectivity index (χ0v) is 12.5. The molecule has 110 valence electrons. The minimum absolute atomic E-state index is 0.162. The van der Waals surface area contributed by atoms with Gasteiger partial charge in [0.1, 0.15) is 11.4 Å². The number of ether oxygens (including phenoxy) is 2. The lowest BCUT2D eigenvalue weighted by atomic mass is 10.2. The van der Waals surface area contributed by atoms with Gasteiger partial charge in [-0.2, -0.15) is 0 Å². The third kappa shape index (κ3) is 3.82. The molecule has 1 saturated heterocycles. The number of rotatable bonds is 4. The maximum Gasteiger partial charge on any atom is 0.343 e. The molecular formula is C13H11BrN2O5. The molecule has 0 aliphatic carbocycles. The smallest absolute Gasteiger partial charge is 0.343 e. The molecule has 0 saturated carbocycles. The van der Waals surface area contributed by atoms with Crippen LogP contribution in [0.15, 0.2) is 28.4 Å². The van der Waals surface area contributed by atoms with Crippen LogP contribution in [0.2, 0.25) is 0 Å². The van der Waals surface area contributed by atoms with E-state index < -0.39 is 17.9 Å². The summed E-state index contributed by atoms with van der Waals surface area (Å²) in [6, 6.07) is 4.46. The quantitative estimate of drug-likeness (QED) is 0.481. The Labute approximate surface area is 128 Å². The van der Waals surface area contributed by atoms with Gasteiger partial charge in [-0.05, 0) is 39.7 Å². The molecule has 0 atom stereocenters. The van der Waals surface area contributed by atoms with E-state index in [9.17, 15) is 14.4 Å². The average molecular weight is 355 g/mol. The Morgan fingerprint density at radius 3 is 2.67 bits per heavy atom. The van der Waals surface area contributed by atoms with Gasteiger partial charge < -0.3 is 14.8 Å². The summed E-state index contributed by atoms with van der Waals surface area (Å²) in [5.41, 5.74) is 0.842. The Hall–Kier alpha value is -2.35. The molecule has 0 bridgehead atoms. The molecule has 1 heterocycles. The number of esters is 1. The van der Waals surface area contributed by atoms with Crippen LogP contribution in [0.5, 0.6) is 5.75 Å². The van der Waals surface area contributed by atoms with E-state index in [1.54, 1.807) is 18.2 Å². The topological polar surface area (TPSA) is 93.7 Å². The normalized spacial score (nSPS) is 15.6. The number of imide groups is 1. The monoisotopic (exact) mass is 354 g/mol. The highest BCUT2D eigenvalue weighted by Gasteiger charge is 2.22. The molecule has 1 fully saturated rings. The zero-order valence-electron chi connectivity index (χ0n) is 10.9. The molecule has 8 heteroatoms. The van der Waals surface area contributed by atoms with Gasteiger partial charge in [0.05, 0.1) is 11.6 Å². The van der Waals surface area contributed by atoms with Crippen molar-refractivity contribution < 1.29 is 23.9 Å². The summed E-state index contributed by atoms with van der Waals surface area (Å²) in [6.45, 7) is -0.200. The third-order valence-corrected chi connectivity index (χ3v) is 3.18. The van der Waals surface area contributed by atoms with Crippen LogP contribution < -0.4 is 15.4 Å². The van der Waals surface area contributed by atoms with E-state index in [0.717, 1.165) is 0 Å². The SMILES string of the molecule is COC(=O)COc1ccc(/C=C2/NC(=O)NC2=O)cc1Br. The zero-order chi connectivity index (χ0) is 15.4. The van der Waals surface area contributed by atoms with Crippen LogP contribution in [0.4, 0.5) is 4.79 Å². The largest absolute Gasteiger partial charge is 0.481 e. The van der Waals surface area contributed by atoms with Gasteiger partial charge in [0.2, 0.25) is 0 Å². The van der Waals surface area contributed by atoms with E-state index in [1.807, 2.05) is 0 Å². The van der Waals surface area contributed by atoms with Gasteiger partial charge in [-0.15, -0.1) is 0 Å². The molecule has 0 radical (unpaired) electrons. The van der Waals surface area contributed by atoms with Crippen LogP contribution in [-0.4, -0.2) is 31.6 Å². The van der Waals surface area contributed by atoms with Crippen molar-refractivity contribution in [1.82, 2.24) is 10.6 Å². The van der Waals surface area contributed by atoms with Gasteiger partial charge in [0.25, 0.3) is 5.91 Å². The van der Waals surface area contributed by atoms with Crippen molar-refractivity contribution in [3.8, 4) is 5.75 Å². The molecule has 3 amide bonds. The molecule has 0 aromatic heterocycles. The Bertz CT molecular complexity index is 641. The molecule has 0 unspecified atom stereocenters. The van der Waals surface area contributed by atoms with Gasteiger partial charge in [-0.1, -0.05) is 6.07 Å². The van der Waals surface area contributed by atoms with Gasteiger partial charge in [0, 0.05) is 0 Å². The van der Waals surface area contributed by atoms with Gasteiger partial charge in [-0.25, -0.2) is 9.59 Å². The predicted octanol–water partition coefficient (Wildman–Crippen LogP) is 1.18. The number of carbonyl (C=O) groups is 3. The standard InChI is InChI=1S/C13H11BrN2O5/c1-20-11(17)6-21-10-3-2-7(4-8(10)14)5-9-12(18)16-13(19)15-9/h2-5H,6H2,1H3,(H2,15,16,18,19)/b9-5+. The maximum absolute atomic E-state index is 11.4. The summed E-state index contributed by atoms with van der Waals surface area (Å²) in [5.74, 6) is -0.511. The second kappa shape index (κ2) is 6.40. The van der Waals surface area contributed by atoms with E-state index in [2.05, 4.69) is 31.3 Å². The molecular weight excluding hydrogens is 344 g/mol. The minimum Gasteiger partial charge on any atom is -0.481 e. The third-order valence-electron chi connectivity index (χ3n) is 2.56. The van der Waals surface area contributed by atoms with Crippen LogP contribution in [0.3, 0.4) is 0 Å². The predicted molar refractivity (Wildman–Crippen MR) is 76.3 cm³/mol. The fraction of sp³-hybridized carbons (Fsp3) is 0.154.